The number of hydrogen-bond donors (Lipinski definition) is 2. The number of ether oxygens (including phenoxy) is 1. The lowest BCUT2D eigenvalue weighted by Crippen LogP contribution is -2.50. The summed E-state index contributed by atoms with van der Waals surface area (Å²) in [5, 5.41) is 10.9. The van der Waals surface area contributed by atoms with E-state index in [0.717, 1.165) is 46.8 Å². The zero-order chi connectivity index (χ0) is 20.7. The Morgan fingerprint density at radius 1 is 1.30 bits per heavy atom. The van der Waals surface area contributed by atoms with Crippen molar-refractivity contribution in [1.82, 2.24) is 24.9 Å². The topological polar surface area (TPSA) is 88.7 Å². The first-order valence-corrected chi connectivity index (χ1v) is 10.2. The molecule has 0 aliphatic carbocycles. The first-order chi connectivity index (χ1) is 14.5. The number of halogens is 1. The molecule has 1 saturated heterocycles. The zero-order valence-electron chi connectivity index (χ0n) is 17.0. The molecule has 0 bridgehead atoms. The molecule has 3 aromatic heterocycles. The monoisotopic (exact) mass is 409 g/mol. The molecule has 1 atom stereocenters. The summed E-state index contributed by atoms with van der Waals surface area (Å²) in [4.78, 5) is 14.0. The summed E-state index contributed by atoms with van der Waals surface area (Å²) in [5.41, 5.74) is 4.29. The van der Waals surface area contributed by atoms with Crippen LogP contribution in [0.25, 0.3) is 16.8 Å². The van der Waals surface area contributed by atoms with Gasteiger partial charge in [-0.3, -0.25) is 4.99 Å². The molecule has 156 valence electrons. The fourth-order valence-corrected chi connectivity index (χ4v) is 3.89. The van der Waals surface area contributed by atoms with Gasteiger partial charge in [-0.25, -0.2) is 18.9 Å². The average Bonchev–Trinajstić information content (AvgIpc) is 3.14. The smallest absolute Gasteiger partial charge is 0.241 e. The Hall–Kier alpha value is -2.91. The van der Waals surface area contributed by atoms with Crippen molar-refractivity contribution in [1.29, 1.82) is 0 Å². The van der Waals surface area contributed by atoms with Crippen molar-refractivity contribution in [2.45, 2.75) is 32.0 Å². The molecule has 30 heavy (non-hydrogen) atoms. The first-order valence-electron chi connectivity index (χ1n) is 10.2. The molecule has 9 heteroatoms. The maximum atomic E-state index is 14.1. The highest BCUT2D eigenvalue weighted by atomic mass is 19.1. The fourth-order valence-electron chi connectivity index (χ4n) is 3.89. The Morgan fingerprint density at radius 3 is 2.93 bits per heavy atom. The molecule has 0 saturated carbocycles. The third-order valence-corrected chi connectivity index (χ3v) is 5.47. The number of nitrogens with zero attached hydrogens (tertiary/aromatic N) is 5. The third-order valence-electron chi connectivity index (χ3n) is 5.47. The van der Waals surface area contributed by atoms with E-state index in [9.17, 15) is 4.39 Å². The number of nitrogens with one attached hydrogen (secondary N) is 2. The van der Waals surface area contributed by atoms with Gasteiger partial charge in [0.25, 0.3) is 0 Å². The van der Waals surface area contributed by atoms with E-state index in [1.807, 2.05) is 31.3 Å². The summed E-state index contributed by atoms with van der Waals surface area (Å²) in [6, 6.07) is 6.13. The molecule has 2 aliphatic rings. The first kappa shape index (κ1) is 19.1. The van der Waals surface area contributed by atoms with Gasteiger partial charge in [0, 0.05) is 23.9 Å². The predicted octanol–water partition coefficient (Wildman–Crippen LogP) is 3.09. The molecule has 1 unspecified atom stereocenters. The van der Waals surface area contributed by atoms with Crippen LogP contribution in [0.15, 0.2) is 35.6 Å². The van der Waals surface area contributed by atoms with Crippen molar-refractivity contribution in [2.75, 3.05) is 31.6 Å². The van der Waals surface area contributed by atoms with Gasteiger partial charge < -0.3 is 15.4 Å². The van der Waals surface area contributed by atoms with Gasteiger partial charge in [0.05, 0.1) is 54.6 Å². The lowest BCUT2D eigenvalue weighted by atomic mass is 10.0. The Bertz CT molecular complexity index is 1120. The van der Waals surface area contributed by atoms with E-state index >= 15 is 0 Å². The minimum Gasteiger partial charge on any atom is -0.374 e. The van der Waals surface area contributed by atoms with Crippen molar-refractivity contribution in [3.05, 3.63) is 36.3 Å². The number of aliphatic imine (C=N–C) groups is 1. The van der Waals surface area contributed by atoms with Crippen LogP contribution in [-0.4, -0.2) is 57.3 Å². The summed E-state index contributed by atoms with van der Waals surface area (Å²) in [6.07, 6.45) is 4.45. The molecule has 0 amide bonds. The summed E-state index contributed by atoms with van der Waals surface area (Å²) in [7, 11) is 0. The molecule has 0 aromatic carbocycles. The number of rotatable bonds is 6. The summed E-state index contributed by atoms with van der Waals surface area (Å²) >= 11 is 0. The van der Waals surface area contributed by atoms with Gasteiger partial charge in [0.1, 0.15) is 0 Å². The molecule has 3 aromatic rings. The van der Waals surface area contributed by atoms with Crippen LogP contribution in [0.5, 0.6) is 0 Å². The second-order valence-electron chi connectivity index (χ2n) is 7.90. The van der Waals surface area contributed by atoms with Crippen LogP contribution in [0, 0.1) is 0 Å². The number of pyridine rings is 1. The van der Waals surface area contributed by atoms with Crippen molar-refractivity contribution < 1.29 is 9.13 Å². The van der Waals surface area contributed by atoms with Crippen molar-refractivity contribution in [3.8, 4) is 11.3 Å². The van der Waals surface area contributed by atoms with Gasteiger partial charge in [-0.2, -0.15) is 0 Å². The van der Waals surface area contributed by atoms with Crippen LogP contribution in [0.1, 0.15) is 32.0 Å². The highest BCUT2D eigenvalue weighted by Gasteiger charge is 2.38. The van der Waals surface area contributed by atoms with Crippen LogP contribution < -0.4 is 10.6 Å². The number of aromatic nitrogens is 4. The number of fused-ring (bicyclic) bond motifs is 2. The average molecular weight is 409 g/mol. The van der Waals surface area contributed by atoms with E-state index in [4.69, 9.17) is 9.72 Å². The van der Waals surface area contributed by atoms with Gasteiger partial charge in [-0.1, -0.05) is 6.92 Å². The Kier molecular flexibility index (Phi) is 4.71. The Morgan fingerprint density at radius 2 is 2.17 bits per heavy atom. The van der Waals surface area contributed by atoms with Gasteiger partial charge in [-0.05, 0) is 31.7 Å². The minimum absolute atomic E-state index is 0.108. The van der Waals surface area contributed by atoms with E-state index in [1.54, 1.807) is 10.7 Å². The van der Waals surface area contributed by atoms with Crippen LogP contribution in [0.3, 0.4) is 0 Å². The number of alkyl halides is 1. The Balaban J connectivity index is 1.44. The minimum atomic E-state index is -1.34. The van der Waals surface area contributed by atoms with E-state index in [2.05, 4.69) is 32.6 Å². The number of hydrogen-bond acceptors (Lipinski definition) is 7. The molecule has 0 spiro atoms. The van der Waals surface area contributed by atoms with Gasteiger partial charge in [0.15, 0.2) is 5.67 Å². The molecular weight excluding hydrogens is 385 g/mol. The summed E-state index contributed by atoms with van der Waals surface area (Å²) in [5.74, 6) is 0.379. The standard InChI is InChI=1S/C21H24FN7O/c1-3-23-17-8-13(2)26-16-5-4-15(27-19(16)17)14-6-7-29-18(14)9-24-20(28-29)25-10-21(22)11-30-12-21/h4-7,9,17,23H,3,8,10-12H2,1-2H3,(H,25,28). The second-order valence-corrected chi connectivity index (χ2v) is 7.90. The van der Waals surface area contributed by atoms with Crippen LogP contribution in [0.2, 0.25) is 0 Å². The van der Waals surface area contributed by atoms with Crippen LogP contribution in [-0.2, 0) is 4.74 Å². The quantitative estimate of drug-likeness (QED) is 0.650. The van der Waals surface area contributed by atoms with E-state index in [0.29, 0.717) is 5.95 Å². The molecule has 8 nitrogen and oxygen atoms in total. The molecule has 0 radical (unpaired) electrons. The molecule has 1 fully saturated rings. The highest BCUT2D eigenvalue weighted by molar-refractivity contribution is 5.88. The third kappa shape index (κ3) is 3.44. The SMILES string of the molecule is CCNC1CC(C)=Nc2ccc(-c3ccn4nc(NCC5(F)COC5)ncc34)nc21. The van der Waals surface area contributed by atoms with Crippen LogP contribution >= 0.6 is 0 Å². The second kappa shape index (κ2) is 7.41. The molecule has 2 aliphatic heterocycles. The van der Waals surface area contributed by atoms with Gasteiger partial charge >= 0.3 is 0 Å². The van der Waals surface area contributed by atoms with E-state index in [-0.39, 0.29) is 25.8 Å². The molecule has 5 heterocycles. The highest BCUT2D eigenvalue weighted by Crippen LogP contribution is 2.34. The Labute approximate surface area is 173 Å². The zero-order valence-corrected chi connectivity index (χ0v) is 17.0. The number of anilines is 1. The molecule has 5 rings (SSSR count). The van der Waals surface area contributed by atoms with Crippen molar-refractivity contribution in [3.63, 3.8) is 0 Å². The largest absolute Gasteiger partial charge is 0.374 e. The lowest BCUT2D eigenvalue weighted by molar-refractivity contribution is -0.121. The van der Waals surface area contributed by atoms with Crippen LogP contribution in [0.4, 0.5) is 16.0 Å². The van der Waals surface area contributed by atoms with Gasteiger partial charge in [0.2, 0.25) is 5.95 Å². The normalized spacial score (nSPS) is 19.8. The summed E-state index contributed by atoms with van der Waals surface area (Å²) in [6.45, 7) is 5.36. The van der Waals surface area contributed by atoms with Crippen molar-refractivity contribution >= 4 is 22.9 Å². The maximum absolute atomic E-state index is 14.1. The molecular formula is C21H24FN7O. The fraction of sp³-hybridized carbons (Fsp3) is 0.429. The van der Waals surface area contributed by atoms with Crippen molar-refractivity contribution in [2.24, 2.45) is 4.99 Å². The molecule has 2 N–H and O–H groups in total. The van der Waals surface area contributed by atoms with E-state index < -0.39 is 5.67 Å². The van der Waals surface area contributed by atoms with Gasteiger partial charge in [-0.15, -0.1) is 5.10 Å². The lowest BCUT2D eigenvalue weighted by Gasteiger charge is -2.33. The predicted molar refractivity (Wildman–Crippen MR) is 113 cm³/mol. The van der Waals surface area contributed by atoms with E-state index in [1.165, 1.54) is 0 Å². The maximum Gasteiger partial charge on any atom is 0.241 e. The summed E-state index contributed by atoms with van der Waals surface area (Å²) < 4.78 is 20.8.